The van der Waals surface area contributed by atoms with Gasteiger partial charge in [0.1, 0.15) is 0 Å². The Morgan fingerprint density at radius 1 is 0.875 bits per heavy atom. The van der Waals surface area contributed by atoms with E-state index in [9.17, 15) is 0 Å². The fourth-order valence-electron chi connectivity index (χ4n) is 1.87. The van der Waals surface area contributed by atoms with Crippen LogP contribution in [0.2, 0.25) is 0 Å². The Labute approximate surface area is 111 Å². The second-order valence-electron chi connectivity index (χ2n) is 4.28. The normalized spacial score (nSPS) is 9.81. The van der Waals surface area contributed by atoms with Gasteiger partial charge < -0.3 is 0 Å². The van der Waals surface area contributed by atoms with E-state index in [-0.39, 0.29) is 16.8 Å². The van der Waals surface area contributed by atoms with Crippen LogP contribution in [0.25, 0.3) is 0 Å². The van der Waals surface area contributed by atoms with Crippen molar-refractivity contribution in [3.8, 4) is 0 Å². The van der Waals surface area contributed by atoms with Crippen LogP contribution in [0.4, 0.5) is 0 Å². The van der Waals surface area contributed by atoms with Gasteiger partial charge in [-0.3, -0.25) is 0 Å². The van der Waals surface area contributed by atoms with Crippen molar-refractivity contribution >= 4 is 0 Å². The molecule has 0 atom stereocenters. The van der Waals surface area contributed by atoms with E-state index in [4.69, 9.17) is 0 Å². The molecule has 0 nitrogen and oxygen atoms in total. The molecule has 0 fully saturated rings. The Bertz CT molecular complexity index is 230. The summed E-state index contributed by atoms with van der Waals surface area (Å²) < 4.78 is 0. The third-order valence-corrected chi connectivity index (χ3v) is 2.86. The van der Waals surface area contributed by atoms with E-state index in [0.717, 1.165) is 0 Å². The summed E-state index contributed by atoms with van der Waals surface area (Å²) in [4.78, 5) is 0. The summed E-state index contributed by atoms with van der Waals surface area (Å²) in [5.74, 6) is 0. The molecule has 0 saturated carbocycles. The van der Waals surface area contributed by atoms with Crippen molar-refractivity contribution in [3.05, 3.63) is 35.9 Å². The summed E-state index contributed by atoms with van der Waals surface area (Å²) >= 11 is 0. The van der Waals surface area contributed by atoms with E-state index in [0.29, 0.717) is 0 Å². The molecule has 0 unspecified atom stereocenters. The Balaban J connectivity index is 0.00000225. The standard InChI is InChI=1S/C15H23.Co/c1-2-3-4-5-6-7-9-12-15-13-10-8-11-14-15;/h10-11,13-14H,2-7,9,12H2,1H3;/q-1;. The number of hydrogen-bond acceptors (Lipinski definition) is 0. The molecule has 0 amide bonds. The van der Waals surface area contributed by atoms with Gasteiger partial charge in [-0.1, -0.05) is 58.3 Å². The van der Waals surface area contributed by atoms with Gasteiger partial charge in [0, 0.05) is 16.8 Å². The minimum Gasteiger partial charge on any atom is -0.184 e. The second kappa shape index (κ2) is 11.2. The molecule has 1 rings (SSSR count). The van der Waals surface area contributed by atoms with Crippen molar-refractivity contribution in [2.45, 2.75) is 58.3 Å². The van der Waals surface area contributed by atoms with Crippen molar-refractivity contribution in [1.29, 1.82) is 0 Å². The monoisotopic (exact) mass is 262 g/mol. The maximum absolute atomic E-state index is 3.06. The summed E-state index contributed by atoms with van der Waals surface area (Å²) in [7, 11) is 0. The number of rotatable bonds is 8. The molecule has 1 aromatic rings. The molecule has 0 saturated heterocycles. The van der Waals surface area contributed by atoms with Crippen LogP contribution in [0.1, 0.15) is 57.4 Å². The predicted molar refractivity (Wildman–Crippen MR) is 67.0 cm³/mol. The zero-order valence-electron chi connectivity index (χ0n) is 10.3. The molecule has 0 aliphatic rings. The molecule has 0 bridgehead atoms. The molecular weight excluding hydrogens is 239 g/mol. The molecule has 93 valence electrons. The average Bonchev–Trinajstić information content (AvgIpc) is 2.29. The fourth-order valence-corrected chi connectivity index (χ4v) is 1.87. The van der Waals surface area contributed by atoms with E-state index in [1.165, 1.54) is 56.9 Å². The van der Waals surface area contributed by atoms with Crippen LogP contribution in [0, 0.1) is 6.07 Å². The molecular formula is C15H23Co-. The van der Waals surface area contributed by atoms with E-state index >= 15 is 0 Å². The van der Waals surface area contributed by atoms with Gasteiger partial charge in [0.25, 0.3) is 0 Å². The number of benzene rings is 1. The van der Waals surface area contributed by atoms with Crippen LogP contribution in [0.15, 0.2) is 24.3 Å². The Morgan fingerprint density at radius 2 is 1.44 bits per heavy atom. The molecule has 0 N–H and O–H groups in total. The van der Waals surface area contributed by atoms with Crippen LogP contribution in [0.5, 0.6) is 0 Å². The summed E-state index contributed by atoms with van der Waals surface area (Å²) in [6, 6.07) is 11.4. The molecule has 0 aromatic heterocycles. The van der Waals surface area contributed by atoms with Gasteiger partial charge in [-0.05, 0) is 0 Å². The van der Waals surface area contributed by atoms with E-state index in [1.54, 1.807) is 0 Å². The van der Waals surface area contributed by atoms with Crippen LogP contribution in [-0.4, -0.2) is 0 Å². The second-order valence-corrected chi connectivity index (χ2v) is 4.28. The van der Waals surface area contributed by atoms with E-state index < -0.39 is 0 Å². The van der Waals surface area contributed by atoms with E-state index in [1.807, 2.05) is 12.1 Å². The fraction of sp³-hybridized carbons (Fsp3) is 0.600. The zero-order valence-corrected chi connectivity index (χ0v) is 11.3. The minimum absolute atomic E-state index is 0. The third kappa shape index (κ3) is 7.95. The van der Waals surface area contributed by atoms with Crippen LogP contribution < -0.4 is 0 Å². The van der Waals surface area contributed by atoms with Gasteiger partial charge in [0.15, 0.2) is 0 Å². The van der Waals surface area contributed by atoms with Crippen molar-refractivity contribution < 1.29 is 16.8 Å². The third-order valence-electron chi connectivity index (χ3n) is 2.86. The molecule has 0 aliphatic heterocycles. The molecule has 1 heteroatoms. The van der Waals surface area contributed by atoms with Crippen LogP contribution in [0.3, 0.4) is 0 Å². The van der Waals surface area contributed by atoms with Gasteiger partial charge in [-0.25, -0.2) is 0 Å². The Kier molecular flexibility index (Phi) is 11.0. The average molecular weight is 262 g/mol. The molecule has 1 aromatic carbocycles. The summed E-state index contributed by atoms with van der Waals surface area (Å²) in [6.45, 7) is 2.27. The van der Waals surface area contributed by atoms with Crippen molar-refractivity contribution in [1.82, 2.24) is 0 Å². The van der Waals surface area contributed by atoms with Gasteiger partial charge >= 0.3 is 0 Å². The van der Waals surface area contributed by atoms with Gasteiger partial charge in [0.2, 0.25) is 0 Å². The largest absolute Gasteiger partial charge is 0.184 e. The first-order chi connectivity index (χ1) is 7.43. The first-order valence-corrected chi connectivity index (χ1v) is 6.38. The number of aryl methyl sites for hydroxylation is 1. The van der Waals surface area contributed by atoms with Crippen molar-refractivity contribution in [2.24, 2.45) is 0 Å². The summed E-state index contributed by atoms with van der Waals surface area (Å²) in [5, 5.41) is 0. The maximum Gasteiger partial charge on any atom is 0 e. The Morgan fingerprint density at radius 3 is 2.06 bits per heavy atom. The molecule has 1 radical (unpaired) electrons. The molecule has 16 heavy (non-hydrogen) atoms. The zero-order chi connectivity index (χ0) is 10.8. The first kappa shape index (κ1) is 15.7. The predicted octanol–water partition coefficient (Wildman–Crippen LogP) is 4.78. The first-order valence-electron chi connectivity index (χ1n) is 6.38. The van der Waals surface area contributed by atoms with Gasteiger partial charge in [0.05, 0.1) is 0 Å². The van der Waals surface area contributed by atoms with Crippen molar-refractivity contribution in [3.63, 3.8) is 0 Å². The summed E-state index contributed by atoms with van der Waals surface area (Å²) in [6.07, 6.45) is 11.0. The van der Waals surface area contributed by atoms with E-state index in [2.05, 4.69) is 25.1 Å². The quantitative estimate of drug-likeness (QED) is 0.467. The topological polar surface area (TPSA) is 0 Å². The SMILES string of the molecule is CCCCCCCCCc1cc[c-]cc1.[Co]. The van der Waals surface area contributed by atoms with Crippen LogP contribution in [-0.2, 0) is 23.2 Å². The molecule has 0 spiro atoms. The van der Waals surface area contributed by atoms with Crippen LogP contribution >= 0.6 is 0 Å². The maximum atomic E-state index is 3.06. The Hall–Kier alpha value is -0.274. The molecule has 0 aliphatic carbocycles. The smallest absolute Gasteiger partial charge is 0 e. The van der Waals surface area contributed by atoms with Gasteiger partial charge in [-0.15, -0.1) is 0 Å². The van der Waals surface area contributed by atoms with Gasteiger partial charge in [-0.2, -0.15) is 35.9 Å². The number of unbranched alkanes of at least 4 members (excludes halogenated alkanes) is 6. The molecule has 0 heterocycles. The summed E-state index contributed by atoms with van der Waals surface area (Å²) in [5.41, 5.74) is 1.46. The minimum atomic E-state index is 0. The number of hydrogen-bond donors (Lipinski definition) is 0. The van der Waals surface area contributed by atoms with Crippen molar-refractivity contribution in [2.75, 3.05) is 0 Å².